The Hall–Kier alpha value is -1.73. The highest BCUT2D eigenvalue weighted by molar-refractivity contribution is 6.32. The molecule has 2 aliphatic rings. The molecule has 3 amide bonds. The largest absolute Gasteiger partial charge is 0.452 e. The molecule has 0 aliphatic carbocycles. The van der Waals surface area contributed by atoms with Gasteiger partial charge in [0.05, 0.1) is 30.5 Å². The lowest BCUT2D eigenvalue weighted by Crippen LogP contribution is -2.53. The maximum Gasteiger partial charge on any atom is 0.318 e. The quantitative estimate of drug-likeness (QED) is 0.901. The molecule has 1 N–H and O–H groups in total. The second kappa shape index (κ2) is 6.18. The molecular formula is C14H18ClN3O4. The van der Waals surface area contributed by atoms with Crippen LogP contribution >= 0.6 is 11.6 Å². The molecule has 2 saturated heterocycles. The molecule has 0 bridgehead atoms. The third kappa shape index (κ3) is 2.66. The second-order valence-electron chi connectivity index (χ2n) is 5.46. The molecule has 0 unspecified atom stereocenters. The van der Waals surface area contributed by atoms with Crippen LogP contribution < -0.4 is 5.32 Å². The van der Waals surface area contributed by atoms with Crippen molar-refractivity contribution in [2.45, 2.75) is 18.5 Å². The minimum atomic E-state index is -0.165. The maximum absolute atomic E-state index is 12.4. The lowest BCUT2D eigenvalue weighted by Gasteiger charge is -2.36. The van der Waals surface area contributed by atoms with Gasteiger partial charge in [-0.25, -0.2) is 4.79 Å². The first-order chi connectivity index (χ1) is 10.6. The molecule has 8 heteroatoms. The van der Waals surface area contributed by atoms with Gasteiger partial charge in [-0.15, -0.1) is 0 Å². The zero-order valence-corrected chi connectivity index (χ0v) is 13.0. The van der Waals surface area contributed by atoms with Gasteiger partial charge in [-0.1, -0.05) is 0 Å². The summed E-state index contributed by atoms with van der Waals surface area (Å²) in [5.41, 5.74) is 0.362. The van der Waals surface area contributed by atoms with Crippen molar-refractivity contribution in [2.75, 3.05) is 33.4 Å². The van der Waals surface area contributed by atoms with Crippen LogP contribution in [0, 0.1) is 0 Å². The third-order valence-electron chi connectivity index (χ3n) is 4.22. The number of fused-ring (bicyclic) bond motifs is 1. The monoisotopic (exact) mass is 327 g/mol. The minimum Gasteiger partial charge on any atom is -0.452 e. The number of hydrogen-bond acceptors (Lipinski definition) is 4. The van der Waals surface area contributed by atoms with E-state index in [9.17, 15) is 9.59 Å². The molecule has 2 fully saturated rings. The smallest absolute Gasteiger partial charge is 0.318 e. The summed E-state index contributed by atoms with van der Waals surface area (Å²) in [6.07, 6.45) is 2.13. The molecule has 2 aliphatic heterocycles. The van der Waals surface area contributed by atoms with E-state index < -0.39 is 0 Å². The van der Waals surface area contributed by atoms with Crippen molar-refractivity contribution in [2.24, 2.45) is 0 Å². The molecule has 0 aromatic carbocycles. The van der Waals surface area contributed by atoms with Gasteiger partial charge in [0.2, 0.25) is 5.22 Å². The van der Waals surface area contributed by atoms with Crippen molar-refractivity contribution in [3.63, 3.8) is 0 Å². The van der Waals surface area contributed by atoms with Crippen LogP contribution in [-0.4, -0.2) is 67.2 Å². The molecule has 1 aromatic rings. The number of halogens is 1. The normalized spacial score (nSPS) is 24.4. The Morgan fingerprint density at radius 3 is 3.09 bits per heavy atom. The van der Waals surface area contributed by atoms with Gasteiger partial charge in [0.1, 0.15) is 0 Å². The summed E-state index contributed by atoms with van der Waals surface area (Å²) in [5.74, 6) is -0.165. The molecular weight excluding hydrogens is 310 g/mol. The number of hydrogen-bond donors (Lipinski definition) is 1. The average Bonchev–Trinajstić information content (AvgIpc) is 3.06. The Morgan fingerprint density at radius 1 is 1.59 bits per heavy atom. The van der Waals surface area contributed by atoms with E-state index >= 15 is 0 Å². The second-order valence-corrected chi connectivity index (χ2v) is 5.80. The molecule has 3 heterocycles. The van der Waals surface area contributed by atoms with Crippen LogP contribution in [0.4, 0.5) is 4.79 Å². The van der Waals surface area contributed by atoms with Crippen molar-refractivity contribution < 1.29 is 18.7 Å². The summed E-state index contributed by atoms with van der Waals surface area (Å²) in [4.78, 5) is 28.0. The lowest BCUT2D eigenvalue weighted by atomic mass is 9.99. The Bertz CT molecular complexity index is 576. The average molecular weight is 328 g/mol. The van der Waals surface area contributed by atoms with Crippen LogP contribution in [0.5, 0.6) is 0 Å². The number of carbonyl (C=O) groups excluding carboxylic acids is 2. The molecule has 7 nitrogen and oxygen atoms in total. The van der Waals surface area contributed by atoms with Crippen molar-refractivity contribution in [3.8, 4) is 0 Å². The van der Waals surface area contributed by atoms with Gasteiger partial charge in [0.25, 0.3) is 5.91 Å². The van der Waals surface area contributed by atoms with Gasteiger partial charge >= 0.3 is 6.03 Å². The standard InChI is InChI=1S/C14H18ClN3O4/c1-21-7-5-18-11-2-4-17(8-10(11)16-14(18)20)13(19)9-3-6-22-12(9)15/h3,6,10-11H,2,4-5,7-8H2,1H3,(H,16,20)/t10-,11+/m1/s1. The SMILES string of the molecule is COCCN1C(=O)N[C@@H]2CN(C(=O)c3ccoc3Cl)CC[C@@H]21. The fourth-order valence-electron chi connectivity index (χ4n) is 3.10. The first-order valence-electron chi connectivity index (χ1n) is 7.20. The van der Waals surface area contributed by atoms with Crippen LogP contribution in [0.3, 0.4) is 0 Å². The molecule has 0 saturated carbocycles. The molecule has 0 radical (unpaired) electrons. The van der Waals surface area contributed by atoms with E-state index in [4.69, 9.17) is 20.8 Å². The number of methoxy groups -OCH3 is 1. The fraction of sp³-hybridized carbons (Fsp3) is 0.571. The van der Waals surface area contributed by atoms with E-state index in [1.54, 1.807) is 23.0 Å². The lowest BCUT2D eigenvalue weighted by molar-refractivity contribution is 0.0641. The number of nitrogens with zero attached hydrogens (tertiary/aromatic N) is 2. The van der Waals surface area contributed by atoms with Crippen LogP contribution in [0.25, 0.3) is 0 Å². The van der Waals surface area contributed by atoms with Crippen molar-refractivity contribution >= 4 is 23.5 Å². The van der Waals surface area contributed by atoms with Crippen LogP contribution in [0.15, 0.2) is 16.7 Å². The number of amides is 3. The van der Waals surface area contributed by atoms with E-state index in [0.717, 1.165) is 6.42 Å². The van der Waals surface area contributed by atoms with E-state index in [1.165, 1.54) is 6.26 Å². The molecule has 0 spiro atoms. The van der Waals surface area contributed by atoms with Crippen molar-refractivity contribution in [3.05, 3.63) is 23.1 Å². The Morgan fingerprint density at radius 2 is 2.41 bits per heavy atom. The highest BCUT2D eigenvalue weighted by atomic mass is 35.5. The highest BCUT2D eigenvalue weighted by Gasteiger charge is 2.43. The number of piperidine rings is 1. The zero-order valence-electron chi connectivity index (χ0n) is 12.3. The summed E-state index contributed by atoms with van der Waals surface area (Å²) in [6.45, 7) is 2.12. The zero-order chi connectivity index (χ0) is 15.7. The van der Waals surface area contributed by atoms with Gasteiger partial charge in [0, 0.05) is 26.7 Å². The molecule has 22 heavy (non-hydrogen) atoms. The maximum atomic E-state index is 12.4. The van der Waals surface area contributed by atoms with Gasteiger partial charge in [-0.3, -0.25) is 4.79 Å². The molecule has 120 valence electrons. The molecule has 3 rings (SSSR count). The number of urea groups is 1. The Labute approximate surface area is 133 Å². The van der Waals surface area contributed by atoms with E-state index in [-0.39, 0.29) is 29.2 Å². The van der Waals surface area contributed by atoms with Gasteiger partial charge < -0.3 is 24.3 Å². The highest BCUT2D eigenvalue weighted by Crippen LogP contribution is 2.25. The van der Waals surface area contributed by atoms with Crippen molar-refractivity contribution in [1.82, 2.24) is 15.1 Å². The first kappa shape index (κ1) is 15.2. The number of carbonyl (C=O) groups is 2. The van der Waals surface area contributed by atoms with Crippen molar-refractivity contribution in [1.29, 1.82) is 0 Å². The van der Waals surface area contributed by atoms with Gasteiger partial charge in [-0.05, 0) is 24.1 Å². The summed E-state index contributed by atoms with van der Waals surface area (Å²) in [6, 6.07) is 1.51. The Balaban J connectivity index is 1.67. The van der Waals surface area contributed by atoms with E-state index in [0.29, 0.717) is 31.8 Å². The predicted molar refractivity (Wildman–Crippen MR) is 78.9 cm³/mol. The summed E-state index contributed by atoms with van der Waals surface area (Å²) >= 11 is 5.86. The number of likely N-dealkylation sites (tertiary alicyclic amines) is 1. The number of nitrogens with one attached hydrogen (secondary N) is 1. The third-order valence-corrected chi connectivity index (χ3v) is 4.51. The first-order valence-corrected chi connectivity index (χ1v) is 7.58. The number of furan rings is 1. The number of rotatable bonds is 4. The fourth-order valence-corrected chi connectivity index (χ4v) is 3.30. The summed E-state index contributed by atoms with van der Waals surface area (Å²) < 4.78 is 10.0. The minimum absolute atomic E-state index is 0.0623. The predicted octanol–water partition coefficient (Wildman–Crippen LogP) is 1.19. The van der Waals surface area contributed by atoms with Gasteiger partial charge in [-0.2, -0.15) is 0 Å². The van der Waals surface area contributed by atoms with Crippen LogP contribution in [-0.2, 0) is 4.74 Å². The van der Waals surface area contributed by atoms with Gasteiger partial charge in [0.15, 0.2) is 0 Å². The van der Waals surface area contributed by atoms with Crippen LogP contribution in [0.1, 0.15) is 16.8 Å². The summed E-state index contributed by atoms with van der Waals surface area (Å²) in [7, 11) is 1.61. The summed E-state index contributed by atoms with van der Waals surface area (Å²) in [5, 5.41) is 3.04. The topological polar surface area (TPSA) is 75.0 Å². The van der Waals surface area contributed by atoms with Crippen LogP contribution in [0.2, 0.25) is 5.22 Å². The van der Waals surface area contributed by atoms with E-state index in [1.807, 2.05) is 0 Å². The number of ether oxygens (including phenoxy) is 1. The molecule has 2 atom stereocenters. The Kier molecular flexibility index (Phi) is 4.26. The van der Waals surface area contributed by atoms with E-state index in [2.05, 4.69) is 5.32 Å². The molecule has 1 aromatic heterocycles.